The second kappa shape index (κ2) is 9.76. The topological polar surface area (TPSA) is 124 Å². The highest BCUT2D eigenvalue weighted by molar-refractivity contribution is 5.63. The number of aliphatic carboxylic acids is 2. The normalized spacial score (nSPS) is 7.94. The van der Waals surface area contributed by atoms with Crippen molar-refractivity contribution in [1.82, 2.24) is 0 Å². The van der Waals surface area contributed by atoms with Crippen LogP contribution in [0.5, 0.6) is 17.2 Å². The number of phenolic OH excluding ortho intramolecular Hbond substituents is 2. The number of hydrogen-bond donors (Lipinski definition) is 4. The van der Waals surface area contributed by atoms with E-state index in [0.29, 0.717) is 5.75 Å². The van der Waals surface area contributed by atoms with Crippen molar-refractivity contribution in [2.75, 3.05) is 7.11 Å². The Labute approximate surface area is 104 Å². The first-order valence-electron chi connectivity index (χ1n) is 4.65. The number of carbonyl (C=O) groups is 2. The second-order valence-corrected chi connectivity index (χ2v) is 2.93. The molecule has 0 unspecified atom stereocenters. The van der Waals surface area contributed by atoms with Crippen molar-refractivity contribution in [3.05, 3.63) is 18.2 Å². The lowest BCUT2D eigenvalue weighted by Crippen LogP contribution is -1.80. The first-order chi connectivity index (χ1) is 8.18. The van der Waals surface area contributed by atoms with Crippen LogP contribution in [0.1, 0.15) is 13.8 Å². The molecule has 0 bridgehead atoms. The molecule has 1 aromatic carbocycles. The fourth-order valence-electron chi connectivity index (χ4n) is 0.686. The van der Waals surface area contributed by atoms with Crippen molar-refractivity contribution in [3.63, 3.8) is 0 Å². The molecule has 0 aliphatic rings. The number of aromatic hydroxyl groups is 2. The van der Waals surface area contributed by atoms with Gasteiger partial charge in [-0.2, -0.15) is 0 Å². The molecule has 0 atom stereocenters. The fraction of sp³-hybridized carbons (Fsp3) is 0.273. The van der Waals surface area contributed by atoms with Gasteiger partial charge in [-0.25, -0.2) is 0 Å². The molecular formula is C11H16O7. The van der Waals surface area contributed by atoms with Crippen LogP contribution in [-0.2, 0) is 9.59 Å². The SMILES string of the molecule is CC(=O)O.CC(=O)O.COc1cc(O)cc(O)c1. The number of phenols is 2. The van der Waals surface area contributed by atoms with Crippen LogP contribution in [0, 0.1) is 0 Å². The molecule has 0 aliphatic heterocycles. The zero-order valence-electron chi connectivity index (χ0n) is 10.2. The number of benzene rings is 1. The average molecular weight is 260 g/mol. The van der Waals surface area contributed by atoms with E-state index >= 15 is 0 Å². The summed E-state index contributed by atoms with van der Waals surface area (Å²) in [7, 11) is 1.47. The molecule has 102 valence electrons. The van der Waals surface area contributed by atoms with Gasteiger partial charge in [0.2, 0.25) is 0 Å². The van der Waals surface area contributed by atoms with Crippen LogP contribution in [0.15, 0.2) is 18.2 Å². The molecule has 7 heteroatoms. The third-order valence-corrected chi connectivity index (χ3v) is 1.11. The Kier molecular flexibility index (Phi) is 9.73. The highest BCUT2D eigenvalue weighted by Gasteiger charge is 1.96. The number of hydrogen-bond acceptors (Lipinski definition) is 5. The summed E-state index contributed by atoms with van der Waals surface area (Å²) in [5, 5.41) is 32.6. The second-order valence-electron chi connectivity index (χ2n) is 2.93. The molecule has 0 aromatic heterocycles. The number of methoxy groups -OCH3 is 1. The zero-order valence-corrected chi connectivity index (χ0v) is 10.2. The van der Waals surface area contributed by atoms with Gasteiger partial charge in [-0.05, 0) is 0 Å². The van der Waals surface area contributed by atoms with E-state index in [1.807, 2.05) is 0 Å². The standard InChI is InChI=1S/C7H8O3.2C2H4O2/c1-10-7-3-5(8)2-6(9)4-7;2*1-2(3)4/h2-4,8-9H,1H3;2*1H3,(H,3,4). The van der Waals surface area contributed by atoms with Gasteiger partial charge in [0.05, 0.1) is 7.11 Å². The van der Waals surface area contributed by atoms with Crippen LogP contribution in [0.25, 0.3) is 0 Å². The van der Waals surface area contributed by atoms with Gasteiger partial charge >= 0.3 is 0 Å². The van der Waals surface area contributed by atoms with E-state index in [9.17, 15) is 0 Å². The van der Waals surface area contributed by atoms with E-state index in [4.69, 9.17) is 34.8 Å². The van der Waals surface area contributed by atoms with Crippen molar-refractivity contribution >= 4 is 11.9 Å². The molecule has 0 heterocycles. The summed E-state index contributed by atoms with van der Waals surface area (Å²) in [6.07, 6.45) is 0. The third kappa shape index (κ3) is 16.0. The maximum absolute atomic E-state index is 9.00. The maximum atomic E-state index is 9.00. The zero-order chi connectivity index (χ0) is 14.7. The van der Waals surface area contributed by atoms with Crippen molar-refractivity contribution in [2.45, 2.75) is 13.8 Å². The lowest BCUT2D eigenvalue weighted by Gasteiger charge is -1.99. The third-order valence-electron chi connectivity index (χ3n) is 1.11. The van der Waals surface area contributed by atoms with Crippen molar-refractivity contribution in [3.8, 4) is 17.2 Å². The molecule has 1 rings (SSSR count). The van der Waals surface area contributed by atoms with Crippen molar-refractivity contribution in [2.24, 2.45) is 0 Å². The van der Waals surface area contributed by atoms with Crippen LogP contribution in [0.3, 0.4) is 0 Å². The van der Waals surface area contributed by atoms with Gasteiger partial charge in [0.1, 0.15) is 17.2 Å². The Bertz CT molecular complexity index is 347. The first-order valence-corrected chi connectivity index (χ1v) is 4.65. The largest absolute Gasteiger partial charge is 0.508 e. The van der Waals surface area contributed by atoms with Gasteiger partial charge in [-0.15, -0.1) is 0 Å². The predicted octanol–water partition coefficient (Wildman–Crippen LogP) is 1.29. The highest BCUT2D eigenvalue weighted by atomic mass is 16.5. The molecule has 7 nitrogen and oxygen atoms in total. The molecule has 0 fully saturated rings. The van der Waals surface area contributed by atoms with Crippen LogP contribution in [0.2, 0.25) is 0 Å². The first kappa shape index (κ1) is 17.9. The summed E-state index contributed by atoms with van der Waals surface area (Å²) in [5.41, 5.74) is 0. The summed E-state index contributed by atoms with van der Waals surface area (Å²) in [5.74, 6) is -1.23. The molecule has 0 saturated heterocycles. The van der Waals surface area contributed by atoms with E-state index in [2.05, 4.69) is 0 Å². The van der Waals surface area contributed by atoms with E-state index in [0.717, 1.165) is 13.8 Å². The summed E-state index contributed by atoms with van der Waals surface area (Å²) in [4.78, 5) is 18.0. The molecule has 1 aromatic rings. The lowest BCUT2D eigenvalue weighted by atomic mass is 10.3. The Balaban J connectivity index is 0. The van der Waals surface area contributed by atoms with Gasteiger partial charge in [-0.1, -0.05) is 0 Å². The van der Waals surface area contributed by atoms with Gasteiger partial charge in [0, 0.05) is 32.0 Å². The molecule has 0 saturated carbocycles. The number of ether oxygens (including phenoxy) is 1. The van der Waals surface area contributed by atoms with E-state index in [-0.39, 0.29) is 11.5 Å². The quantitative estimate of drug-likeness (QED) is 0.599. The highest BCUT2D eigenvalue weighted by Crippen LogP contribution is 2.24. The Hall–Kier alpha value is -2.44. The van der Waals surface area contributed by atoms with Crippen LogP contribution < -0.4 is 4.74 Å². The van der Waals surface area contributed by atoms with Crippen molar-refractivity contribution < 1.29 is 34.8 Å². The Morgan fingerprint density at radius 3 is 1.44 bits per heavy atom. The minimum atomic E-state index is -0.833. The summed E-state index contributed by atoms with van der Waals surface area (Å²) in [6.45, 7) is 2.17. The number of carboxylic acids is 2. The molecule has 4 N–H and O–H groups in total. The number of rotatable bonds is 1. The molecule has 0 radical (unpaired) electrons. The lowest BCUT2D eigenvalue weighted by molar-refractivity contribution is -0.135. The summed E-state index contributed by atoms with van der Waals surface area (Å²) in [6, 6.07) is 4.07. The van der Waals surface area contributed by atoms with E-state index < -0.39 is 11.9 Å². The Morgan fingerprint density at radius 1 is 0.944 bits per heavy atom. The monoisotopic (exact) mass is 260 g/mol. The van der Waals surface area contributed by atoms with Gasteiger partial charge in [-0.3, -0.25) is 9.59 Å². The van der Waals surface area contributed by atoms with Crippen LogP contribution in [0.4, 0.5) is 0 Å². The van der Waals surface area contributed by atoms with Gasteiger partial charge in [0.25, 0.3) is 11.9 Å². The van der Waals surface area contributed by atoms with Crippen molar-refractivity contribution in [1.29, 1.82) is 0 Å². The molecule has 0 amide bonds. The molecule has 0 spiro atoms. The fourth-order valence-corrected chi connectivity index (χ4v) is 0.686. The molecule has 18 heavy (non-hydrogen) atoms. The number of carboxylic acid groups (broad SMARTS) is 2. The van der Waals surface area contributed by atoms with E-state index in [1.165, 1.54) is 25.3 Å². The molecule has 0 aliphatic carbocycles. The Morgan fingerprint density at radius 2 is 1.22 bits per heavy atom. The minimum absolute atomic E-state index is 0.00292. The maximum Gasteiger partial charge on any atom is 0.300 e. The smallest absolute Gasteiger partial charge is 0.300 e. The summed E-state index contributed by atoms with van der Waals surface area (Å²) < 4.78 is 4.76. The predicted molar refractivity (Wildman–Crippen MR) is 62.9 cm³/mol. The summed E-state index contributed by atoms with van der Waals surface area (Å²) >= 11 is 0. The van der Waals surface area contributed by atoms with E-state index in [1.54, 1.807) is 0 Å². The van der Waals surface area contributed by atoms with Gasteiger partial charge in [0.15, 0.2) is 0 Å². The molecular weight excluding hydrogens is 244 g/mol. The van der Waals surface area contributed by atoms with Crippen LogP contribution in [-0.4, -0.2) is 39.5 Å². The average Bonchev–Trinajstić information content (AvgIpc) is 2.14. The van der Waals surface area contributed by atoms with Crippen LogP contribution >= 0.6 is 0 Å². The minimum Gasteiger partial charge on any atom is -0.508 e. The van der Waals surface area contributed by atoms with Gasteiger partial charge < -0.3 is 25.2 Å².